The molecule has 2 aromatic rings. The van der Waals surface area contributed by atoms with Gasteiger partial charge in [-0.05, 0) is 36.8 Å². The predicted octanol–water partition coefficient (Wildman–Crippen LogP) is 3.56. The Morgan fingerprint density at radius 1 is 1.05 bits per heavy atom. The van der Waals surface area contributed by atoms with Gasteiger partial charge >= 0.3 is 0 Å². The number of hydrogen-bond donors (Lipinski definition) is 1. The molecule has 21 heavy (non-hydrogen) atoms. The molecule has 0 fully saturated rings. The molecule has 3 nitrogen and oxygen atoms in total. The Labute approximate surface area is 129 Å². The van der Waals surface area contributed by atoms with Gasteiger partial charge in [0.25, 0.3) is 0 Å². The number of thioether (sulfide) groups is 1. The fourth-order valence-electron chi connectivity index (χ4n) is 2.21. The van der Waals surface area contributed by atoms with Crippen LogP contribution in [0.25, 0.3) is 0 Å². The largest absolute Gasteiger partial charge is 0.486 e. The van der Waals surface area contributed by atoms with Crippen molar-refractivity contribution >= 4 is 11.8 Å². The molecule has 1 atom stereocenters. The Morgan fingerprint density at radius 2 is 1.76 bits per heavy atom. The first-order valence-electron chi connectivity index (χ1n) is 7.07. The van der Waals surface area contributed by atoms with Crippen molar-refractivity contribution < 1.29 is 9.47 Å². The van der Waals surface area contributed by atoms with E-state index in [-0.39, 0.29) is 6.04 Å². The van der Waals surface area contributed by atoms with Crippen LogP contribution < -0.4 is 15.2 Å². The monoisotopic (exact) mass is 301 g/mol. The Bertz CT molecular complexity index is 613. The third kappa shape index (κ3) is 3.52. The molecule has 1 heterocycles. The highest BCUT2D eigenvalue weighted by molar-refractivity contribution is 7.99. The highest BCUT2D eigenvalue weighted by Crippen LogP contribution is 2.33. The second-order valence-electron chi connectivity index (χ2n) is 5.13. The van der Waals surface area contributed by atoms with Crippen molar-refractivity contribution in [1.29, 1.82) is 0 Å². The maximum atomic E-state index is 6.29. The summed E-state index contributed by atoms with van der Waals surface area (Å²) >= 11 is 1.77. The van der Waals surface area contributed by atoms with E-state index in [1.54, 1.807) is 11.8 Å². The number of hydrogen-bond acceptors (Lipinski definition) is 4. The van der Waals surface area contributed by atoms with Crippen molar-refractivity contribution in [3.63, 3.8) is 0 Å². The minimum atomic E-state index is -0.0212. The van der Waals surface area contributed by atoms with E-state index in [1.807, 2.05) is 18.2 Å². The lowest BCUT2D eigenvalue weighted by Gasteiger charge is -2.20. The zero-order valence-corrected chi connectivity index (χ0v) is 12.9. The van der Waals surface area contributed by atoms with Crippen LogP contribution in [-0.2, 0) is 0 Å². The summed E-state index contributed by atoms with van der Waals surface area (Å²) in [6.07, 6.45) is 0. The lowest BCUT2D eigenvalue weighted by atomic mass is 10.1. The zero-order valence-electron chi connectivity index (χ0n) is 12.0. The molecule has 1 aliphatic heterocycles. The zero-order chi connectivity index (χ0) is 14.7. The summed E-state index contributed by atoms with van der Waals surface area (Å²) in [4.78, 5) is 1.24. The fraction of sp³-hybridized carbons (Fsp3) is 0.294. The lowest BCUT2D eigenvalue weighted by Crippen LogP contribution is -2.17. The highest BCUT2D eigenvalue weighted by atomic mass is 32.2. The van der Waals surface area contributed by atoms with Crippen LogP contribution in [-0.4, -0.2) is 19.0 Å². The average molecular weight is 301 g/mol. The Morgan fingerprint density at radius 3 is 2.52 bits per heavy atom. The molecule has 0 saturated carbocycles. The van der Waals surface area contributed by atoms with E-state index in [1.165, 1.54) is 10.5 Å². The first-order valence-corrected chi connectivity index (χ1v) is 8.05. The maximum absolute atomic E-state index is 6.29. The van der Waals surface area contributed by atoms with Crippen LogP contribution in [0.5, 0.6) is 11.5 Å². The molecule has 110 valence electrons. The van der Waals surface area contributed by atoms with Gasteiger partial charge in [-0.3, -0.25) is 0 Å². The molecule has 0 radical (unpaired) electrons. The predicted molar refractivity (Wildman–Crippen MR) is 86.3 cm³/mol. The number of nitrogens with two attached hydrogens (primary N) is 1. The van der Waals surface area contributed by atoms with Gasteiger partial charge in [-0.25, -0.2) is 0 Å². The number of fused-ring (bicyclic) bond motifs is 1. The maximum Gasteiger partial charge on any atom is 0.161 e. The summed E-state index contributed by atoms with van der Waals surface area (Å²) in [6, 6.07) is 14.5. The van der Waals surface area contributed by atoms with Crippen molar-refractivity contribution in [3.05, 3.63) is 53.6 Å². The first kappa shape index (κ1) is 14.3. The van der Waals surface area contributed by atoms with Gasteiger partial charge in [-0.15, -0.1) is 11.8 Å². The summed E-state index contributed by atoms with van der Waals surface area (Å²) in [6.45, 7) is 3.31. The van der Waals surface area contributed by atoms with Gasteiger partial charge in [-0.1, -0.05) is 23.8 Å². The van der Waals surface area contributed by atoms with Gasteiger partial charge in [0.15, 0.2) is 11.5 Å². The van der Waals surface area contributed by atoms with E-state index in [0.717, 1.165) is 22.8 Å². The van der Waals surface area contributed by atoms with E-state index < -0.39 is 0 Å². The molecule has 0 aromatic heterocycles. The third-order valence-electron chi connectivity index (χ3n) is 3.44. The quantitative estimate of drug-likeness (QED) is 0.877. The minimum absolute atomic E-state index is 0.0212. The molecule has 0 aliphatic carbocycles. The van der Waals surface area contributed by atoms with Crippen LogP contribution in [0.1, 0.15) is 17.2 Å². The summed E-state index contributed by atoms with van der Waals surface area (Å²) in [5, 5.41) is 0. The molecule has 1 aliphatic rings. The molecular formula is C17H19NO2S. The van der Waals surface area contributed by atoms with Gasteiger partial charge in [0, 0.05) is 16.7 Å². The van der Waals surface area contributed by atoms with E-state index in [4.69, 9.17) is 15.2 Å². The van der Waals surface area contributed by atoms with Crippen LogP contribution in [0.15, 0.2) is 47.4 Å². The third-order valence-corrected chi connectivity index (χ3v) is 4.58. The SMILES string of the molecule is Cc1ccc(SCC(N)c2ccc3c(c2)OCCO3)cc1. The van der Waals surface area contributed by atoms with Gasteiger partial charge in [0.05, 0.1) is 0 Å². The summed E-state index contributed by atoms with van der Waals surface area (Å²) in [7, 11) is 0. The number of aryl methyl sites for hydroxylation is 1. The van der Waals surface area contributed by atoms with E-state index in [0.29, 0.717) is 13.2 Å². The minimum Gasteiger partial charge on any atom is -0.486 e. The Hall–Kier alpha value is -1.65. The van der Waals surface area contributed by atoms with E-state index >= 15 is 0 Å². The molecule has 0 amide bonds. The topological polar surface area (TPSA) is 44.5 Å². The molecule has 4 heteroatoms. The van der Waals surface area contributed by atoms with E-state index in [2.05, 4.69) is 31.2 Å². The van der Waals surface area contributed by atoms with Gasteiger partial charge in [-0.2, -0.15) is 0 Å². The van der Waals surface area contributed by atoms with Crippen molar-refractivity contribution in [3.8, 4) is 11.5 Å². The fourth-order valence-corrected chi connectivity index (χ4v) is 3.10. The van der Waals surface area contributed by atoms with Crippen LogP contribution in [0.2, 0.25) is 0 Å². The van der Waals surface area contributed by atoms with Gasteiger partial charge in [0.1, 0.15) is 13.2 Å². The van der Waals surface area contributed by atoms with Crippen LogP contribution in [0, 0.1) is 6.92 Å². The Balaban J connectivity index is 1.65. The van der Waals surface area contributed by atoms with E-state index in [9.17, 15) is 0 Å². The molecular weight excluding hydrogens is 282 g/mol. The molecule has 0 saturated heterocycles. The smallest absolute Gasteiger partial charge is 0.161 e. The summed E-state index contributed by atoms with van der Waals surface area (Å²) in [5.74, 6) is 2.45. The Kier molecular flexibility index (Phi) is 4.36. The second kappa shape index (κ2) is 6.41. The molecule has 0 bridgehead atoms. The van der Waals surface area contributed by atoms with Crippen molar-refractivity contribution in [2.75, 3.05) is 19.0 Å². The molecule has 1 unspecified atom stereocenters. The lowest BCUT2D eigenvalue weighted by molar-refractivity contribution is 0.171. The van der Waals surface area contributed by atoms with Gasteiger partial charge < -0.3 is 15.2 Å². The van der Waals surface area contributed by atoms with Crippen molar-refractivity contribution in [2.24, 2.45) is 5.73 Å². The van der Waals surface area contributed by atoms with Crippen LogP contribution in [0.3, 0.4) is 0 Å². The molecule has 0 spiro atoms. The summed E-state index contributed by atoms with van der Waals surface area (Å²) < 4.78 is 11.1. The molecule has 2 aromatic carbocycles. The number of rotatable bonds is 4. The number of benzene rings is 2. The summed E-state index contributed by atoms with van der Waals surface area (Å²) in [5.41, 5.74) is 8.64. The van der Waals surface area contributed by atoms with Crippen LogP contribution in [0.4, 0.5) is 0 Å². The average Bonchev–Trinajstić information content (AvgIpc) is 2.53. The molecule has 2 N–H and O–H groups in total. The standard InChI is InChI=1S/C17H19NO2S/c1-12-2-5-14(6-3-12)21-11-15(18)13-4-7-16-17(10-13)20-9-8-19-16/h2-7,10,15H,8-9,11,18H2,1H3. The second-order valence-corrected chi connectivity index (χ2v) is 6.23. The van der Waals surface area contributed by atoms with Crippen LogP contribution >= 0.6 is 11.8 Å². The first-order chi connectivity index (χ1) is 10.2. The number of ether oxygens (including phenoxy) is 2. The highest BCUT2D eigenvalue weighted by Gasteiger charge is 2.14. The van der Waals surface area contributed by atoms with Crippen molar-refractivity contribution in [1.82, 2.24) is 0 Å². The molecule has 3 rings (SSSR count). The van der Waals surface area contributed by atoms with Crippen molar-refractivity contribution in [2.45, 2.75) is 17.9 Å². The van der Waals surface area contributed by atoms with Gasteiger partial charge in [0.2, 0.25) is 0 Å². The normalized spacial score (nSPS) is 14.8.